The third-order valence-corrected chi connectivity index (χ3v) is 5.54. The summed E-state index contributed by atoms with van der Waals surface area (Å²) in [5.74, 6) is 1.26. The highest BCUT2D eigenvalue weighted by Crippen LogP contribution is 2.22. The molecule has 1 aromatic carbocycles. The molecule has 2 aromatic heterocycles. The van der Waals surface area contributed by atoms with Crippen LogP contribution in [-0.2, 0) is 11.3 Å². The van der Waals surface area contributed by atoms with Crippen LogP contribution in [-0.4, -0.2) is 72.7 Å². The Morgan fingerprint density at radius 1 is 0.939 bits per heavy atom. The molecule has 0 bridgehead atoms. The average Bonchev–Trinajstić information content (AvgIpc) is 2.84. The lowest BCUT2D eigenvalue weighted by Gasteiger charge is -2.35. The molecule has 4 rings (SSSR count). The normalized spacial score (nSPS) is 13.9. The van der Waals surface area contributed by atoms with Gasteiger partial charge in [-0.25, -0.2) is 19.7 Å². The van der Waals surface area contributed by atoms with E-state index in [9.17, 15) is 4.79 Å². The Hall–Kier alpha value is -3.52. The maximum Gasteiger partial charge on any atom is 0.339 e. The summed E-state index contributed by atoms with van der Waals surface area (Å²) in [4.78, 5) is 32.1. The zero-order valence-electron chi connectivity index (χ0n) is 19.4. The number of carbonyl (C=O) groups is 1. The van der Waals surface area contributed by atoms with E-state index in [1.165, 1.54) is 5.56 Å². The Kier molecular flexibility index (Phi) is 7.14. The first kappa shape index (κ1) is 22.7. The van der Waals surface area contributed by atoms with Gasteiger partial charge in [-0.15, -0.1) is 0 Å². The van der Waals surface area contributed by atoms with E-state index in [1.807, 2.05) is 18.5 Å². The van der Waals surface area contributed by atoms with Gasteiger partial charge >= 0.3 is 5.97 Å². The summed E-state index contributed by atoms with van der Waals surface area (Å²) in [7, 11) is 4.14. The summed E-state index contributed by atoms with van der Waals surface area (Å²) in [5, 5.41) is 0. The van der Waals surface area contributed by atoms with E-state index >= 15 is 0 Å². The van der Waals surface area contributed by atoms with Crippen molar-refractivity contribution in [3.63, 3.8) is 0 Å². The van der Waals surface area contributed by atoms with Crippen molar-refractivity contribution in [1.29, 1.82) is 0 Å². The maximum atomic E-state index is 11.8. The van der Waals surface area contributed by atoms with Crippen LogP contribution in [0.3, 0.4) is 0 Å². The number of benzene rings is 1. The number of pyridine rings is 1. The Morgan fingerprint density at radius 2 is 1.67 bits per heavy atom. The van der Waals surface area contributed by atoms with Crippen molar-refractivity contribution in [3.05, 3.63) is 66.1 Å². The van der Waals surface area contributed by atoms with Gasteiger partial charge in [0.2, 0.25) is 5.95 Å². The molecule has 1 aliphatic rings. The minimum Gasteiger partial charge on any atom is -0.462 e. The molecule has 1 fully saturated rings. The van der Waals surface area contributed by atoms with Crippen LogP contribution in [0.1, 0.15) is 22.8 Å². The summed E-state index contributed by atoms with van der Waals surface area (Å²) in [6, 6.07) is 12.1. The second kappa shape index (κ2) is 10.4. The highest BCUT2D eigenvalue weighted by molar-refractivity contribution is 5.89. The molecule has 0 saturated carbocycles. The topological polar surface area (TPSA) is 74.7 Å². The summed E-state index contributed by atoms with van der Waals surface area (Å²) in [5.41, 5.74) is 3.88. The van der Waals surface area contributed by atoms with E-state index in [2.05, 4.69) is 68.0 Å². The summed E-state index contributed by atoms with van der Waals surface area (Å²) < 4.78 is 5.02. The Balaban J connectivity index is 1.36. The third-order valence-electron chi connectivity index (χ3n) is 5.54. The molecule has 0 amide bonds. The first-order chi connectivity index (χ1) is 16.0. The Labute approximate surface area is 194 Å². The predicted molar refractivity (Wildman–Crippen MR) is 129 cm³/mol. The van der Waals surface area contributed by atoms with Crippen molar-refractivity contribution in [2.45, 2.75) is 13.5 Å². The number of nitrogens with zero attached hydrogens (tertiary/aromatic N) is 6. The number of piperazine rings is 1. The van der Waals surface area contributed by atoms with Gasteiger partial charge in [-0.1, -0.05) is 18.2 Å². The second-order valence-electron chi connectivity index (χ2n) is 8.31. The van der Waals surface area contributed by atoms with Crippen molar-refractivity contribution >= 4 is 17.7 Å². The van der Waals surface area contributed by atoms with E-state index in [0.717, 1.165) is 55.6 Å². The van der Waals surface area contributed by atoms with Crippen LogP contribution >= 0.6 is 0 Å². The zero-order chi connectivity index (χ0) is 23.2. The highest BCUT2D eigenvalue weighted by atomic mass is 16.5. The van der Waals surface area contributed by atoms with E-state index < -0.39 is 0 Å². The second-order valence-corrected chi connectivity index (χ2v) is 8.31. The van der Waals surface area contributed by atoms with Crippen molar-refractivity contribution in [1.82, 2.24) is 19.9 Å². The van der Waals surface area contributed by atoms with Crippen LogP contribution < -0.4 is 9.80 Å². The average molecular weight is 447 g/mol. The molecule has 33 heavy (non-hydrogen) atoms. The van der Waals surface area contributed by atoms with Crippen LogP contribution in [0, 0.1) is 0 Å². The molecule has 3 heterocycles. The van der Waals surface area contributed by atoms with Crippen LogP contribution in [0.2, 0.25) is 0 Å². The summed E-state index contributed by atoms with van der Waals surface area (Å²) in [6.45, 7) is 6.27. The van der Waals surface area contributed by atoms with Crippen molar-refractivity contribution in [2.24, 2.45) is 0 Å². The van der Waals surface area contributed by atoms with Crippen molar-refractivity contribution in [2.75, 3.05) is 56.7 Å². The predicted octanol–water partition coefficient (Wildman–Crippen LogP) is 3.10. The molecule has 0 radical (unpaired) electrons. The fourth-order valence-corrected chi connectivity index (χ4v) is 3.89. The van der Waals surface area contributed by atoms with Gasteiger partial charge < -0.3 is 19.4 Å². The number of esters is 1. The first-order valence-electron chi connectivity index (χ1n) is 11.2. The largest absolute Gasteiger partial charge is 0.462 e. The molecule has 0 N–H and O–H groups in total. The Bertz CT molecular complexity index is 1060. The highest BCUT2D eigenvalue weighted by Gasteiger charge is 2.20. The molecular weight excluding hydrogens is 416 g/mol. The molecule has 0 spiro atoms. The van der Waals surface area contributed by atoms with E-state index in [0.29, 0.717) is 12.2 Å². The monoisotopic (exact) mass is 446 g/mol. The van der Waals surface area contributed by atoms with Gasteiger partial charge in [-0.2, -0.15) is 0 Å². The van der Waals surface area contributed by atoms with Gasteiger partial charge in [0, 0.05) is 56.9 Å². The van der Waals surface area contributed by atoms with Gasteiger partial charge in [-0.3, -0.25) is 0 Å². The molecule has 8 nitrogen and oxygen atoms in total. The summed E-state index contributed by atoms with van der Waals surface area (Å²) >= 11 is 0. The fraction of sp³-hybridized carbons (Fsp3) is 0.360. The zero-order valence-corrected chi connectivity index (χ0v) is 19.4. The van der Waals surface area contributed by atoms with Gasteiger partial charge in [0.05, 0.1) is 12.2 Å². The smallest absolute Gasteiger partial charge is 0.339 e. The number of aromatic nitrogens is 3. The minimum atomic E-state index is -0.341. The van der Waals surface area contributed by atoms with Crippen LogP contribution in [0.5, 0.6) is 0 Å². The molecule has 172 valence electrons. The molecule has 0 atom stereocenters. The molecule has 1 aliphatic heterocycles. The lowest BCUT2D eigenvalue weighted by Crippen LogP contribution is -2.47. The molecule has 3 aromatic rings. The van der Waals surface area contributed by atoms with Crippen LogP contribution in [0.15, 0.2) is 55.0 Å². The van der Waals surface area contributed by atoms with Crippen LogP contribution in [0.4, 0.5) is 11.8 Å². The Morgan fingerprint density at radius 3 is 2.30 bits per heavy atom. The summed E-state index contributed by atoms with van der Waals surface area (Å²) in [6.07, 6.45) is 5.38. The lowest BCUT2D eigenvalue weighted by molar-refractivity contribution is 0.0526. The van der Waals surface area contributed by atoms with Gasteiger partial charge in [0.25, 0.3) is 0 Å². The van der Waals surface area contributed by atoms with Gasteiger partial charge in [0.1, 0.15) is 5.82 Å². The van der Waals surface area contributed by atoms with Crippen molar-refractivity contribution in [3.8, 4) is 11.1 Å². The maximum absolute atomic E-state index is 11.8. The number of anilines is 2. The van der Waals surface area contributed by atoms with Crippen molar-refractivity contribution < 1.29 is 9.53 Å². The van der Waals surface area contributed by atoms with E-state index in [1.54, 1.807) is 19.2 Å². The molecule has 1 saturated heterocycles. The SMILES string of the molecule is CCOC(=O)c1ccc(N2CCN(c3ncc(-c4cccc(CN(C)C)c4)cn3)CC2)nc1. The lowest BCUT2D eigenvalue weighted by atomic mass is 10.1. The van der Waals surface area contributed by atoms with E-state index in [-0.39, 0.29) is 5.97 Å². The fourth-order valence-electron chi connectivity index (χ4n) is 3.89. The standard InChI is InChI=1S/C25H30N6O2/c1-4-33-24(32)21-8-9-23(26-15-21)30-10-12-31(13-11-30)25-27-16-22(17-28-25)20-7-5-6-19(14-20)18-29(2)3/h5-9,14-17H,4,10-13,18H2,1-3H3. The quantitative estimate of drug-likeness (QED) is 0.513. The number of hydrogen-bond donors (Lipinski definition) is 0. The minimum absolute atomic E-state index is 0.341. The first-order valence-corrected chi connectivity index (χ1v) is 11.2. The number of ether oxygens (including phenoxy) is 1. The molecule has 0 aliphatic carbocycles. The van der Waals surface area contributed by atoms with Gasteiger partial charge in [0.15, 0.2) is 0 Å². The molecular formula is C25H30N6O2. The number of carbonyl (C=O) groups excluding carboxylic acids is 1. The van der Waals surface area contributed by atoms with Gasteiger partial charge in [-0.05, 0) is 50.3 Å². The van der Waals surface area contributed by atoms with E-state index in [4.69, 9.17) is 4.74 Å². The number of rotatable bonds is 7. The molecule has 0 unspecified atom stereocenters. The number of hydrogen-bond acceptors (Lipinski definition) is 8. The molecule has 8 heteroatoms. The van der Waals surface area contributed by atoms with Crippen LogP contribution in [0.25, 0.3) is 11.1 Å². The third kappa shape index (κ3) is 5.64.